The second-order valence-corrected chi connectivity index (χ2v) is 9.49. The zero-order chi connectivity index (χ0) is 25.0. The molecule has 0 saturated carbocycles. The van der Waals surface area contributed by atoms with Gasteiger partial charge >= 0.3 is 12.0 Å². The minimum atomic E-state index is -0.580. The van der Waals surface area contributed by atoms with E-state index in [1.807, 2.05) is 50.8 Å². The van der Waals surface area contributed by atoms with Crippen LogP contribution in [0.4, 0.5) is 4.79 Å². The normalized spacial score (nSPS) is 19.9. The van der Waals surface area contributed by atoms with E-state index in [-0.39, 0.29) is 24.5 Å². The molecular weight excluding hydrogens is 432 g/mol. The fourth-order valence-corrected chi connectivity index (χ4v) is 4.63. The number of carbonyl (C=O) groups excluding carboxylic acids is 3. The molecule has 34 heavy (non-hydrogen) atoms. The SMILES string of the molecule is CCOC(=O)C1=C(CN2CCCN(C(=O)C(C)C)CC2)N(C)C(=O)NC1c1cc(C)ccc1C. The van der Waals surface area contributed by atoms with E-state index < -0.39 is 12.0 Å². The molecule has 186 valence electrons. The Kier molecular flexibility index (Phi) is 8.36. The first kappa shape index (κ1) is 25.7. The van der Waals surface area contributed by atoms with Crippen LogP contribution in [0.1, 0.15) is 49.9 Å². The number of aryl methyl sites for hydroxylation is 2. The molecule has 1 N–H and O–H groups in total. The van der Waals surface area contributed by atoms with Gasteiger partial charge in [-0.05, 0) is 38.3 Å². The van der Waals surface area contributed by atoms with Crippen LogP contribution in [0.3, 0.4) is 0 Å². The van der Waals surface area contributed by atoms with E-state index in [9.17, 15) is 14.4 Å². The summed E-state index contributed by atoms with van der Waals surface area (Å²) in [4.78, 5) is 44.4. The zero-order valence-corrected chi connectivity index (χ0v) is 21.3. The highest BCUT2D eigenvalue weighted by Crippen LogP contribution is 2.33. The molecule has 1 aromatic rings. The van der Waals surface area contributed by atoms with Crippen molar-refractivity contribution in [1.29, 1.82) is 0 Å². The molecule has 0 radical (unpaired) electrons. The van der Waals surface area contributed by atoms with Crippen LogP contribution in [-0.2, 0) is 14.3 Å². The summed E-state index contributed by atoms with van der Waals surface area (Å²) in [6.07, 6.45) is 0.844. The Morgan fingerprint density at radius 1 is 1.15 bits per heavy atom. The quantitative estimate of drug-likeness (QED) is 0.647. The monoisotopic (exact) mass is 470 g/mol. The van der Waals surface area contributed by atoms with Crippen LogP contribution in [0.15, 0.2) is 29.5 Å². The first-order chi connectivity index (χ1) is 16.1. The number of esters is 1. The van der Waals surface area contributed by atoms with Crippen LogP contribution in [0.5, 0.6) is 0 Å². The van der Waals surface area contributed by atoms with E-state index in [4.69, 9.17) is 4.74 Å². The first-order valence-electron chi connectivity index (χ1n) is 12.2. The second-order valence-electron chi connectivity index (χ2n) is 9.49. The molecule has 1 atom stereocenters. The molecule has 1 unspecified atom stereocenters. The molecule has 0 bridgehead atoms. The lowest BCUT2D eigenvalue weighted by Gasteiger charge is -2.37. The minimum absolute atomic E-state index is 0.0313. The summed E-state index contributed by atoms with van der Waals surface area (Å²) in [6.45, 7) is 13.1. The number of amides is 3. The van der Waals surface area contributed by atoms with Crippen LogP contribution < -0.4 is 5.32 Å². The Bertz CT molecular complexity index is 972. The third-order valence-corrected chi connectivity index (χ3v) is 6.59. The standard InChI is InChI=1S/C26H38N4O4/c1-7-34-25(32)22-21(16-29-11-8-12-30(14-13-29)24(31)17(2)3)28(6)26(33)27-23(22)20-15-18(4)9-10-19(20)5/h9-10,15,17,23H,7-8,11-14,16H2,1-6H3,(H,27,33). The van der Waals surface area contributed by atoms with Crippen molar-refractivity contribution in [2.45, 2.75) is 47.1 Å². The molecule has 8 heteroatoms. The predicted molar refractivity (Wildman–Crippen MR) is 131 cm³/mol. The molecule has 0 spiro atoms. The molecule has 3 rings (SSSR count). The van der Waals surface area contributed by atoms with Gasteiger partial charge in [0.2, 0.25) is 5.91 Å². The third kappa shape index (κ3) is 5.60. The highest BCUT2D eigenvalue weighted by Gasteiger charge is 2.38. The van der Waals surface area contributed by atoms with Crippen molar-refractivity contribution in [3.05, 3.63) is 46.2 Å². The van der Waals surface area contributed by atoms with Crippen molar-refractivity contribution in [1.82, 2.24) is 20.0 Å². The Labute approximate surface area is 202 Å². The van der Waals surface area contributed by atoms with E-state index in [0.29, 0.717) is 30.9 Å². The van der Waals surface area contributed by atoms with Gasteiger partial charge in [0.25, 0.3) is 0 Å². The van der Waals surface area contributed by atoms with Gasteiger partial charge in [-0.3, -0.25) is 14.6 Å². The number of carbonyl (C=O) groups is 3. The van der Waals surface area contributed by atoms with Crippen LogP contribution in [0.2, 0.25) is 0 Å². The van der Waals surface area contributed by atoms with Crippen LogP contribution in [0, 0.1) is 19.8 Å². The lowest BCUT2D eigenvalue weighted by atomic mass is 9.90. The Balaban J connectivity index is 1.97. The predicted octanol–water partition coefficient (Wildman–Crippen LogP) is 3.01. The number of likely N-dealkylation sites (N-methyl/N-ethyl adjacent to an activating group) is 1. The van der Waals surface area contributed by atoms with Crippen molar-refractivity contribution in [2.24, 2.45) is 5.92 Å². The summed E-state index contributed by atoms with van der Waals surface area (Å²) in [7, 11) is 1.69. The molecule has 1 aromatic carbocycles. The first-order valence-corrected chi connectivity index (χ1v) is 12.2. The maximum atomic E-state index is 13.2. The maximum Gasteiger partial charge on any atom is 0.338 e. The lowest BCUT2D eigenvalue weighted by molar-refractivity contribution is -0.139. The highest BCUT2D eigenvalue weighted by molar-refractivity contribution is 5.95. The molecule has 0 aliphatic carbocycles. The molecule has 1 fully saturated rings. The summed E-state index contributed by atoms with van der Waals surface area (Å²) in [5, 5.41) is 3.01. The van der Waals surface area contributed by atoms with Gasteiger partial charge in [-0.25, -0.2) is 9.59 Å². The molecule has 1 saturated heterocycles. The summed E-state index contributed by atoms with van der Waals surface area (Å²) in [5.41, 5.74) is 4.07. The summed E-state index contributed by atoms with van der Waals surface area (Å²) in [5.74, 6) is -0.282. The van der Waals surface area contributed by atoms with Crippen molar-refractivity contribution in [2.75, 3.05) is 46.4 Å². The number of benzene rings is 1. The summed E-state index contributed by atoms with van der Waals surface area (Å²) < 4.78 is 5.46. The average Bonchev–Trinajstić information content (AvgIpc) is 3.03. The van der Waals surface area contributed by atoms with Gasteiger partial charge in [0, 0.05) is 51.4 Å². The Morgan fingerprint density at radius 3 is 2.56 bits per heavy atom. The number of rotatable bonds is 6. The molecule has 2 heterocycles. The van der Waals surface area contributed by atoms with Crippen molar-refractivity contribution in [3.8, 4) is 0 Å². The fourth-order valence-electron chi connectivity index (χ4n) is 4.63. The van der Waals surface area contributed by atoms with Gasteiger partial charge in [0.05, 0.1) is 18.2 Å². The van der Waals surface area contributed by atoms with Crippen molar-refractivity contribution in [3.63, 3.8) is 0 Å². The molecule has 0 aromatic heterocycles. The molecule has 2 aliphatic heterocycles. The van der Waals surface area contributed by atoms with Crippen molar-refractivity contribution >= 4 is 17.9 Å². The van der Waals surface area contributed by atoms with Crippen LogP contribution in [-0.4, -0.2) is 79.0 Å². The van der Waals surface area contributed by atoms with Crippen molar-refractivity contribution < 1.29 is 19.1 Å². The maximum absolute atomic E-state index is 13.2. The second kappa shape index (κ2) is 11.0. The molecule has 2 aliphatic rings. The molecular formula is C26H38N4O4. The molecule has 3 amide bonds. The summed E-state index contributed by atoms with van der Waals surface area (Å²) >= 11 is 0. The average molecular weight is 471 g/mol. The minimum Gasteiger partial charge on any atom is -0.463 e. The number of urea groups is 1. The van der Waals surface area contributed by atoms with Gasteiger partial charge in [-0.1, -0.05) is 37.6 Å². The van der Waals surface area contributed by atoms with Gasteiger partial charge in [0.1, 0.15) is 0 Å². The zero-order valence-electron chi connectivity index (χ0n) is 21.3. The van der Waals surface area contributed by atoms with Crippen LogP contribution in [0.25, 0.3) is 0 Å². The van der Waals surface area contributed by atoms with E-state index in [2.05, 4.69) is 10.2 Å². The van der Waals surface area contributed by atoms with E-state index >= 15 is 0 Å². The molecule has 8 nitrogen and oxygen atoms in total. The highest BCUT2D eigenvalue weighted by atomic mass is 16.5. The summed E-state index contributed by atoms with van der Waals surface area (Å²) in [6, 6.07) is 5.21. The number of hydrogen-bond donors (Lipinski definition) is 1. The Morgan fingerprint density at radius 2 is 1.88 bits per heavy atom. The largest absolute Gasteiger partial charge is 0.463 e. The van der Waals surface area contributed by atoms with Gasteiger partial charge in [-0.2, -0.15) is 0 Å². The van der Waals surface area contributed by atoms with E-state index in [0.717, 1.165) is 36.2 Å². The van der Waals surface area contributed by atoms with Gasteiger partial charge in [-0.15, -0.1) is 0 Å². The lowest BCUT2D eigenvalue weighted by Crippen LogP contribution is -2.49. The number of nitrogens with zero attached hydrogens (tertiary/aromatic N) is 3. The van der Waals surface area contributed by atoms with Gasteiger partial charge in [0.15, 0.2) is 0 Å². The number of nitrogens with one attached hydrogen (secondary N) is 1. The van der Waals surface area contributed by atoms with Gasteiger partial charge < -0.3 is 15.0 Å². The third-order valence-electron chi connectivity index (χ3n) is 6.59. The van der Waals surface area contributed by atoms with E-state index in [1.54, 1.807) is 14.0 Å². The smallest absolute Gasteiger partial charge is 0.338 e. The number of ether oxygens (including phenoxy) is 1. The van der Waals surface area contributed by atoms with E-state index in [1.165, 1.54) is 4.90 Å². The Hall–Kier alpha value is -2.87. The van der Waals surface area contributed by atoms with Crippen LogP contribution >= 0.6 is 0 Å². The number of hydrogen-bond acceptors (Lipinski definition) is 5. The fraction of sp³-hybridized carbons (Fsp3) is 0.577. The topological polar surface area (TPSA) is 82.2 Å².